The number of hydrogen-bond donors (Lipinski definition) is 1. The van der Waals surface area contributed by atoms with Crippen LogP contribution < -0.4 is 19.5 Å². The number of methoxy groups -OCH3 is 1. The third-order valence-electron chi connectivity index (χ3n) is 5.03. The topological polar surface area (TPSA) is 69.7 Å². The number of amides is 1. The minimum Gasteiger partial charge on any atom is -0.497 e. The molecule has 0 unspecified atom stereocenters. The van der Waals surface area contributed by atoms with Crippen LogP contribution in [0.3, 0.4) is 0 Å². The summed E-state index contributed by atoms with van der Waals surface area (Å²) in [6, 6.07) is 12.3. The van der Waals surface area contributed by atoms with Crippen LogP contribution in [0.4, 0.5) is 0 Å². The average molecular weight is 485 g/mol. The zero-order chi connectivity index (χ0) is 23.2. The second-order valence-corrected chi connectivity index (χ2v) is 9.26. The molecule has 1 aliphatic carbocycles. The van der Waals surface area contributed by atoms with Gasteiger partial charge in [0.05, 0.1) is 23.6 Å². The van der Waals surface area contributed by atoms with Crippen LogP contribution in [0.5, 0.6) is 22.4 Å². The Bertz CT molecular complexity index is 1140. The molecule has 172 valence electrons. The van der Waals surface area contributed by atoms with Gasteiger partial charge in [0.15, 0.2) is 0 Å². The van der Waals surface area contributed by atoms with Crippen LogP contribution in [0.25, 0.3) is 6.08 Å². The van der Waals surface area contributed by atoms with Crippen molar-refractivity contribution >= 4 is 34.9 Å². The number of rotatable bonds is 10. The van der Waals surface area contributed by atoms with Gasteiger partial charge in [-0.15, -0.1) is 0 Å². The Morgan fingerprint density at radius 3 is 2.88 bits per heavy atom. The number of carbonyl (C=O) groups excluding carboxylic acids is 1. The summed E-state index contributed by atoms with van der Waals surface area (Å²) in [6.45, 7) is 2.64. The molecule has 1 amide bonds. The molecule has 1 saturated carbocycles. The second kappa shape index (κ2) is 10.7. The standard InChI is InChI=1S/C25H25ClN2O4S/c1-16(28-24(29)18-4-3-5-19(12-18)30-2)6-10-21-14-27-25(33-21)32-23-11-9-20(13-22(23)26)31-15-17-7-8-17/h3-6,9-14,16-17H,7-8,15H2,1-2H3,(H,28,29)/b10-6+/t16-/m0/s1. The molecular weight excluding hydrogens is 460 g/mol. The fourth-order valence-electron chi connectivity index (χ4n) is 2.98. The number of hydrogen-bond acceptors (Lipinski definition) is 6. The van der Waals surface area contributed by atoms with E-state index < -0.39 is 0 Å². The molecule has 33 heavy (non-hydrogen) atoms. The molecule has 0 radical (unpaired) electrons. The summed E-state index contributed by atoms with van der Waals surface area (Å²) in [5.41, 5.74) is 0.545. The first-order valence-electron chi connectivity index (χ1n) is 10.7. The first-order chi connectivity index (χ1) is 16.0. The van der Waals surface area contributed by atoms with E-state index in [0.717, 1.165) is 17.2 Å². The second-order valence-electron chi connectivity index (χ2n) is 7.83. The van der Waals surface area contributed by atoms with Crippen LogP contribution in [0.2, 0.25) is 5.02 Å². The van der Waals surface area contributed by atoms with E-state index in [4.69, 9.17) is 25.8 Å². The minimum absolute atomic E-state index is 0.168. The molecule has 0 bridgehead atoms. The molecule has 0 saturated heterocycles. The molecule has 1 aliphatic rings. The van der Waals surface area contributed by atoms with Gasteiger partial charge in [0.2, 0.25) is 0 Å². The fourth-order valence-corrected chi connectivity index (χ4v) is 3.88. The van der Waals surface area contributed by atoms with Crippen LogP contribution in [0.1, 0.15) is 35.0 Å². The maximum atomic E-state index is 12.4. The lowest BCUT2D eigenvalue weighted by molar-refractivity contribution is 0.0946. The molecule has 1 fully saturated rings. The summed E-state index contributed by atoms with van der Waals surface area (Å²) in [5.74, 6) is 2.42. The predicted octanol–water partition coefficient (Wildman–Crippen LogP) is 6.22. The van der Waals surface area contributed by atoms with Crippen LogP contribution >= 0.6 is 22.9 Å². The molecule has 2 aromatic carbocycles. The summed E-state index contributed by atoms with van der Waals surface area (Å²) in [5, 5.41) is 3.90. The predicted molar refractivity (Wildman–Crippen MR) is 131 cm³/mol. The Labute approximate surface area is 202 Å². The van der Waals surface area contributed by atoms with Crippen molar-refractivity contribution in [2.24, 2.45) is 5.92 Å². The van der Waals surface area contributed by atoms with E-state index in [9.17, 15) is 4.79 Å². The third kappa shape index (κ3) is 6.73. The Balaban J connectivity index is 1.30. The Kier molecular flexibility index (Phi) is 7.52. The molecule has 0 spiro atoms. The van der Waals surface area contributed by atoms with E-state index in [2.05, 4.69) is 10.3 Å². The smallest absolute Gasteiger partial charge is 0.279 e. The van der Waals surface area contributed by atoms with E-state index in [0.29, 0.717) is 33.2 Å². The maximum absolute atomic E-state index is 12.4. The van der Waals surface area contributed by atoms with Gasteiger partial charge < -0.3 is 19.5 Å². The van der Waals surface area contributed by atoms with Crippen molar-refractivity contribution in [3.05, 3.63) is 70.2 Å². The highest BCUT2D eigenvalue weighted by molar-refractivity contribution is 7.14. The largest absolute Gasteiger partial charge is 0.497 e. The summed E-state index contributed by atoms with van der Waals surface area (Å²) in [6.07, 6.45) is 7.99. The molecule has 8 heteroatoms. The first kappa shape index (κ1) is 23.1. The highest BCUT2D eigenvalue weighted by Gasteiger charge is 2.22. The van der Waals surface area contributed by atoms with Gasteiger partial charge in [-0.05, 0) is 62.1 Å². The number of nitrogens with one attached hydrogen (secondary N) is 1. The van der Waals surface area contributed by atoms with Crippen molar-refractivity contribution in [3.63, 3.8) is 0 Å². The zero-order valence-corrected chi connectivity index (χ0v) is 20.0. The lowest BCUT2D eigenvalue weighted by atomic mass is 10.2. The quantitative estimate of drug-likeness (QED) is 0.370. The highest BCUT2D eigenvalue weighted by atomic mass is 35.5. The van der Waals surface area contributed by atoms with Crippen molar-refractivity contribution in [3.8, 4) is 22.4 Å². The molecule has 3 aromatic rings. The molecule has 6 nitrogen and oxygen atoms in total. The van der Waals surface area contributed by atoms with Gasteiger partial charge in [-0.3, -0.25) is 4.79 Å². The van der Waals surface area contributed by atoms with E-state index >= 15 is 0 Å². The van der Waals surface area contributed by atoms with Gasteiger partial charge in [-0.2, -0.15) is 0 Å². The number of nitrogens with zero attached hydrogens (tertiary/aromatic N) is 1. The van der Waals surface area contributed by atoms with Crippen molar-refractivity contribution < 1.29 is 19.0 Å². The number of thiazole rings is 1. The SMILES string of the molecule is COc1cccc(C(=O)N[C@@H](C)/C=C/c2cnc(Oc3ccc(OCC4CC4)cc3Cl)s2)c1. The van der Waals surface area contributed by atoms with E-state index in [1.54, 1.807) is 49.7 Å². The van der Waals surface area contributed by atoms with Gasteiger partial charge in [0, 0.05) is 23.9 Å². The molecular formula is C25H25ClN2O4S. The molecule has 1 N–H and O–H groups in total. The van der Waals surface area contributed by atoms with Gasteiger partial charge >= 0.3 is 0 Å². The van der Waals surface area contributed by atoms with Crippen LogP contribution in [-0.2, 0) is 0 Å². The average Bonchev–Trinajstić information content (AvgIpc) is 3.55. The number of halogens is 1. The van der Waals surface area contributed by atoms with E-state index in [1.807, 2.05) is 25.1 Å². The molecule has 0 aliphatic heterocycles. The summed E-state index contributed by atoms with van der Waals surface area (Å²) in [4.78, 5) is 17.6. The fraction of sp³-hybridized carbons (Fsp3) is 0.280. The molecule has 1 aromatic heterocycles. The number of benzene rings is 2. The minimum atomic E-state index is -0.173. The summed E-state index contributed by atoms with van der Waals surface area (Å²) in [7, 11) is 1.57. The van der Waals surface area contributed by atoms with E-state index in [-0.39, 0.29) is 11.9 Å². The third-order valence-corrected chi connectivity index (χ3v) is 6.16. The van der Waals surface area contributed by atoms with Crippen LogP contribution in [-0.4, -0.2) is 30.6 Å². The van der Waals surface area contributed by atoms with Crippen molar-refractivity contribution in [2.45, 2.75) is 25.8 Å². The Morgan fingerprint density at radius 1 is 1.27 bits per heavy atom. The van der Waals surface area contributed by atoms with Crippen molar-refractivity contribution in [2.75, 3.05) is 13.7 Å². The van der Waals surface area contributed by atoms with Gasteiger partial charge in [0.1, 0.15) is 17.2 Å². The highest BCUT2D eigenvalue weighted by Crippen LogP contribution is 2.35. The molecule has 1 atom stereocenters. The zero-order valence-electron chi connectivity index (χ0n) is 18.4. The van der Waals surface area contributed by atoms with Gasteiger partial charge in [-0.25, -0.2) is 4.98 Å². The Morgan fingerprint density at radius 2 is 2.12 bits per heavy atom. The van der Waals surface area contributed by atoms with Crippen molar-refractivity contribution in [1.82, 2.24) is 10.3 Å². The molecule has 1 heterocycles. The normalized spacial score (nSPS) is 14.2. The number of ether oxygens (including phenoxy) is 3. The van der Waals surface area contributed by atoms with Crippen LogP contribution in [0, 0.1) is 5.92 Å². The van der Waals surface area contributed by atoms with Crippen LogP contribution in [0.15, 0.2) is 54.7 Å². The Hall–Kier alpha value is -3.03. The number of aromatic nitrogens is 1. The lowest BCUT2D eigenvalue weighted by Crippen LogP contribution is -2.30. The summed E-state index contributed by atoms with van der Waals surface area (Å²) < 4.78 is 16.8. The maximum Gasteiger partial charge on any atom is 0.279 e. The lowest BCUT2D eigenvalue weighted by Gasteiger charge is -2.10. The van der Waals surface area contributed by atoms with Gasteiger partial charge in [0.25, 0.3) is 11.1 Å². The molecule has 4 rings (SSSR count). The van der Waals surface area contributed by atoms with Crippen molar-refractivity contribution in [1.29, 1.82) is 0 Å². The van der Waals surface area contributed by atoms with E-state index in [1.165, 1.54) is 24.2 Å². The summed E-state index contributed by atoms with van der Waals surface area (Å²) >= 11 is 7.73. The number of carbonyl (C=O) groups is 1. The first-order valence-corrected chi connectivity index (χ1v) is 11.9. The monoisotopic (exact) mass is 484 g/mol. The van der Waals surface area contributed by atoms with Gasteiger partial charge in [-0.1, -0.05) is 35.1 Å².